The van der Waals surface area contributed by atoms with Gasteiger partial charge in [0.05, 0.1) is 19.1 Å². The Morgan fingerprint density at radius 3 is 2.18 bits per heavy atom. The van der Waals surface area contributed by atoms with Crippen LogP contribution in [0.4, 0.5) is 0 Å². The second-order valence-corrected chi connectivity index (χ2v) is 6.32. The minimum Gasteiger partial charge on any atom is -0.544 e. The number of aliphatic hydroxyl groups is 1. The molecule has 0 fully saturated rings. The fourth-order valence-corrected chi connectivity index (χ4v) is 2.89. The van der Waals surface area contributed by atoms with E-state index in [1.165, 1.54) is 0 Å². The third-order valence-corrected chi connectivity index (χ3v) is 4.10. The first-order valence-electron chi connectivity index (χ1n) is 8.87. The maximum atomic E-state index is 11.2. The van der Waals surface area contributed by atoms with E-state index in [0.717, 1.165) is 51.6 Å². The molecule has 0 aromatic carbocycles. The molecular formula is C18H35NO3. The molecule has 22 heavy (non-hydrogen) atoms. The number of nitrogens with zero attached hydrogens (tertiary/aromatic N) is 1. The summed E-state index contributed by atoms with van der Waals surface area (Å²) in [6.45, 7) is 8.47. The standard InChI is InChI=1S/C18H35NO3/c1-4-7-10-11-12-17(20)15-19(13-8-5-2,14-9-6-3)16-18(21)22/h7,10,17,20H,4-6,8-9,11-16H2,1-3H3/b10-7+. The van der Waals surface area contributed by atoms with Gasteiger partial charge in [-0.2, -0.15) is 0 Å². The Morgan fingerprint density at radius 1 is 1.14 bits per heavy atom. The predicted molar refractivity (Wildman–Crippen MR) is 89.2 cm³/mol. The molecule has 4 nitrogen and oxygen atoms in total. The number of aliphatic hydroxyl groups excluding tert-OH is 1. The van der Waals surface area contributed by atoms with Crippen LogP contribution in [0.1, 0.15) is 65.7 Å². The molecule has 0 saturated heterocycles. The first-order valence-corrected chi connectivity index (χ1v) is 8.87. The number of rotatable bonds is 14. The number of carbonyl (C=O) groups is 1. The predicted octanol–water partition coefficient (Wildman–Crippen LogP) is 2.26. The number of aliphatic carboxylic acids is 1. The lowest BCUT2D eigenvalue weighted by Gasteiger charge is -2.40. The summed E-state index contributed by atoms with van der Waals surface area (Å²) < 4.78 is 0.461. The highest BCUT2D eigenvalue weighted by Crippen LogP contribution is 2.15. The van der Waals surface area contributed by atoms with Crippen molar-refractivity contribution in [2.75, 3.05) is 26.2 Å². The highest BCUT2D eigenvalue weighted by molar-refractivity contribution is 5.65. The van der Waals surface area contributed by atoms with Gasteiger partial charge in [0.25, 0.3) is 0 Å². The van der Waals surface area contributed by atoms with E-state index in [4.69, 9.17) is 0 Å². The minimum absolute atomic E-state index is 0.0157. The van der Waals surface area contributed by atoms with Gasteiger partial charge in [0.1, 0.15) is 19.2 Å². The Morgan fingerprint density at radius 2 is 1.73 bits per heavy atom. The first kappa shape index (κ1) is 21.1. The summed E-state index contributed by atoms with van der Waals surface area (Å²) in [4.78, 5) is 11.2. The van der Waals surface area contributed by atoms with Crippen molar-refractivity contribution < 1.29 is 19.5 Å². The Hall–Kier alpha value is -0.870. The van der Waals surface area contributed by atoms with Gasteiger partial charge >= 0.3 is 0 Å². The topological polar surface area (TPSA) is 60.4 Å². The molecule has 130 valence electrons. The van der Waals surface area contributed by atoms with Crippen LogP contribution in [0.25, 0.3) is 0 Å². The molecule has 0 radical (unpaired) electrons. The Bertz CT molecular complexity index is 307. The summed E-state index contributed by atoms with van der Waals surface area (Å²) in [5.41, 5.74) is 0. The van der Waals surface area contributed by atoms with Crippen LogP contribution in [-0.2, 0) is 4.79 Å². The number of carboxylic acid groups (broad SMARTS) is 1. The summed E-state index contributed by atoms with van der Waals surface area (Å²) in [6.07, 6.45) is 10.3. The van der Waals surface area contributed by atoms with Crippen LogP contribution < -0.4 is 5.11 Å². The molecule has 1 atom stereocenters. The Kier molecular flexibility index (Phi) is 12.2. The molecule has 0 amide bonds. The van der Waals surface area contributed by atoms with Crippen LogP contribution in [0, 0.1) is 0 Å². The van der Waals surface area contributed by atoms with Gasteiger partial charge in [-0.05, 0) is 32.1 Å². The second-order valence-electron chi connectivity index (χ2n) is 6.32. The zero-order chi connectivity index (χ0) is 16.8. The van der Waals surface area contributed by atoms with Gasteiger partial charge in [-0.25, -0.2) is 0 Å². The number of hydrogen-bond donors (Lipinski definition) is 1. The summed E-state index contributed by atoms with van der Waals surface area (Å²) in [6, 6.07) is 0. The largest absolute Gasteiger partial charge is 0.544 e. The molecule has 0 aliphatic rings. The van der Waals surface area contributed by atoms with Crippen molar-refractivity contribution in [3.05, 3.63) is 12.2 Å². The van der Waals surface area contributed by atoms with Gasteiger partial charge in [0, 0.05) is 0 Å². The first-order chi connectivity index (χ1) is 10.5. The lowest BCUT2D eigenvalue weighted by Crippen LogP contribution is -2.58. The molecule has 0 aliphatic heterocycles. The maximum Gasteiger partial charge on any atom is 0.119 e. The van der Waals surface area contributed by atoms with Gasteiger partial charge in [-0.1, -0.05) is 45.8 Å². The Balaban J connectivity index is 4.75. The molecule has 0 rings (SSSR count). The number of carboxylic acids is 1. The monoisotopic (exact) mass is 313 g/mol. The van der Waals surface area contributed by atoms with Crippen molar-refractivity contribution in [3.8, 4) is 0 Å². The molecule has 4 heteroatoms. The number of hydrogen-bond acceptors (Lipinski definition) is 3. The van der Waals surface area contributed by atoms with Gasteiger partial charge in [-0.15, -0.1) is 0 Å². The van der Waals surface area contributed by atoms with Crippen LogP contribution in [0.5, 0.6) is 0 Å². The van der Waals surface area contributed by atoms with E-state index in [2.05, 4.69) is 32.9 Å². The molecular weight excluding hydrogens is 278 g/mol. The van der Waals surface area contributed by atoms with E-state index < -0.39 is 12.1 Å². The maximum absolute atomic E-state index is 11.2. The summed E-state index contributed by atoms with van der Waals surface area (Å²) in [5.74, 6) is -1.01. The van der Waals surface area contributed by atoms with Gasteiger partial charge in [0.15, 0.2) is 0 Å². The SMILES string of the molecule is CC/C=C/CCC(O)C[N+](CCCC)(CCCC)CC(=O)[O-]. The number of carbonyl (C=O) groups excluding carboxylic acids is 1. The molecule has 0 aliphatic carbocycles. The lowest BCUT2D eigenvalue weighted by atomic mass is 10.1. The highest BCUT2D eigenvalue weighted by Gasteiger charge is 2.29. The van der Waals surface area contributed by atoms with E-state index in [1.54, 1.807) is 0 Å². The zero-order valence-electron chi connectivity index (χ0n) is 14.7. The van der Waals surface area contributed by atoms with E-state index in [-0.39, 0.29) is 6.54 Å². The number of unbranched alkanes of at least 4 members (excludes halogenated alkanes) is 2. The van der Waals surface area contributed by atoms with Crippen molar-refractivity contribution in [3.63, 3.8) is 0 Å². The van der Waals surface area contributed by atoms with Gasteiger partial charge in [0.2, 0.25) is 0 Å². The molecule has 1 unspecified atom stereocenters. The van der Waals surface area contributed by atoms with Gasteiger partial charge < -0.3 is 19.5 Å². The van der Waals surface area contributed by atoms with Crippen molar-refractivity contribution >= 4 is 5.97 Å². The molecule has 0 aromatic heterocycles. The van der Waals surface area contributed by atoms with Crippen molar-refractivity contribution in [2.24, 2.45) is 0 Å². The molecule has 0 heterocycles. The summed E-state index contributed by atoms with van der Waals surface area (Å²) in [5, 5.41) is 21.5. The van der Waals surface area contributed by atoms with Crippen LogP contribution >= 0.6 is 0 Å². The van der Waals surface area contributed by atoms with Crippen LogP contribution in [0.15, 0.2) is 12.2 Å². The molecule has 0 aromatic rings. The number of quaternary nitrogens is 1. The fraction of sp³-hybridized carbons (Fsp3) is 0.833. The minimum atomic E-state index is -1.01. The van der Waals surface area contributed by atoms with Crippen LogP contribution in [-0.4, -0.2) is 47.8 Å². The smallest absolute Gasteiger partial charge is 0.119 e. The van der Waals surface area contributed by atoms with E-state index in [1.807, 2.05) is 0 Å². The van der Waals surface area contributed by atoms with Crippen molar-refractivity contribution in [1.82, 2.24) is 0 Å². The third kappa shape index (κ3) is 9.96. The molecule has 1 N–H and O–H groups in total. The summed E-state index contributed by atoms with van der Waals surface area (Å²) >= 11 is 0. The third-order valence-electron chi connectivity index (χ3n) is 4.10. The molecule has 0 spiro atoms. The highest BCUT2D eigenvalue weighted by atomic mass is 16.4. The normalized spacial score (nSPS) is 13.6. The van der Waals surface area contributed by atoms with E-state index in [9.17, 15) is 15.0 Å². The quantitative estimate of drug-likeness (QED) is 0.395. The van der Waals surface area contributed by atoms with E-state index >= 15 is 0 Å². The lowest BCUT2D eigenvalue weighted by molar-refractivity contribution is -0.926. The van der Waals surface area contributed by atoms with Crippen LogP contribution in [0.2, 0.25) is 0 Å². The number of allylic oxidation sites excluding steroid dienone is 2. The second kappa shape index (κ2) is 12.7. The van der Waals surface area contributed by atoms with Crippen molar-refractivity contribution in [2.45, 2.75) is 71.8 Å². The fourth-order valence-electron chi connectivity index (χ4n) is 2.89. The molecule has 0 bridgehead atoms. The zero-order valence-corrected chi connectivity index (χ0v) is 14.7. The summed E-state index contributed by atoms with van der Waals surface area (Å²) in [7, 11) is 0. The average molecular weight is 313 g/mol. The average Bonchev–Trinajstić information content (AvgIpc) is 2.47. The van der Waals surface area contributed by atoms with Crippen molar-refractivity contribution in [1.29, 1.82) is 0 Å². The van der Waals surface area contributed by atoms with Gasteiger partial charge in [-0.3, -0.25) is 0 Å². The van der Waals surface area contributed by atoms with E-state index in [0.29, 0.717) is 17.4 Å². The Labute approximate surface area is 136 Å². The molecule has 0 saturated carbocycles. The van der Waals surface area contributed by atoms with Crippen LogP contribution in [0.3, 0.4) is 0 Å².